The third-order valence-corrected chi connectivity index (χ3v) is 3.96. The Hall–Kier alpha value is -3.61. The molecule has 0 saturated carbocycles. The molecule has 0 aromatic heterocycles. The summed E-state index contributed by atoms with van der Waals surface area (Å²) in [6.45, 7) is 1.56. The van der Waals surface area contributed by atoms with E-state index in [2.05, 4.69) is 10.2 Å². The number of esters is 1. The van der Waals surface area contributed by atoms with Crippen LogP contribution in [0.1, 0.15) is 12.5 Å². The number of anilines is 1. The molecule has 138 valence electrons. The Morgan fingerprint density at radius 1 is 1.07 bits per heavy atom. The molecule has 0 aliphatic carbocycles. The zero-order valence-electron chi connectivity index (χ0n) is 14.8. The summed E-state index contributed by atoms with van der Waals surface area (Å²) in [4.78, 5) is 36.6. The number of nitrogens with zero attached hydrogens (tertiary/aromatic N) is 1. The maximum Gasteiger partial charge on any atom is 0.346 e. The van der Waals surface area contributed by atoms with Gasteiger partial charge >= 0.3 is 5.97 Å². The Kier molecular flexibility index (Phi) is 5.21. The number of rotatable bonds is 5. The molecule has 0 unspecified atom stereocenters. The highest BCUT2D eigenvalue weighted by Crippen LogP contribution is 2.26. The van der Waals surface area contributed by atoms with Crippen LogP contribution < -0.4 is 15.2 Å². The van der Waals surface area contributed by atoms with Gasteiger partial charge < -0.3 is 9.47 Å². The maximum atomic E-state index is 12.7. The van der Waals surface area contributed by atoms with Crippen LogP contribution in [0.5, 0.6) is 5.75 Å². The maximum absolute atomic E-state index is 12.7. The van der Waals surface area contributed by atoms with Crippen molar-refractivity contribution in [1.29, 1.82) is 0 Å². The summed E-state index contributed by atoms with van der Waals surface area (Å²) in [5.41, 5.74) is 3.57. The topological polar surface area (TPSA) is 84.9 Å². The van der Waals surface area contributed by atoms with E-state index in [1.54, 1.807) is 55.5 Å². The Morgan fingerprint density at radius 2 is 1.74 bits per heavy atom. The van der Waals surface area contributed by atoms with Crippen LogP contribution in [0.3, 0.4) is 0 Å². The molecule has 0 bridgehead atoms. The minimum absolute atomic E-state index is 0.0272. The number of ether oxygens (including phenoxy) is 2. The molecule has 2 aromatic carbocycles. The van der Waals surface area contributed by atoms with Crippen molar-refractivity contribution in [3.05, 3.63) is 65.7 Å². The van der Waals surface area contributed by atoms with Crippen molar-refractivity contribution in [3.63, 3.8) is 0 Å². The number of hydrogen-bond acceptors (Lipinski definition) is 5. The number of carbonyl (C=O) groups excluding carboxylic acids is 3. The number of hydrogen-bond donors (Lipinski definition) is 1. The highest BCUT2D eigenvalue weighted by Gasteiger charge is 2.34. The van der Waals surface area contributed by atoms with Crippen LogP contribution in [0.25, 0.3) is 6.08 Å². The monoisotopic (exact) mass is 366 g/mol. The van der Waals surface area contributed by atoms with E-state index < -0.39 is 23.9 Å². The first-order valence-corrected chi connectivity index (χ1v) is 8.27. The molecule has 2 aromatic rings. The highest BCUT2D eigenvalue weighted by molar-refractivity contribution is 6.31. The normalized spacial score (nSPS) is 16.2. The van der Waals surface area contributed by atoms with E-state index in [4.69, 9.17) is 4.74 Å². The van der Waals surface area contributed by atoms with E-state index in [0.717, 1.165) is 0 Å². The van der Waals surface area contributed by atoms with Gasteiger partial charge in [0.25, 0.3) is 11.8 Å². The Bertz CT molecular complexity index is 908. The van der Waals surface area contributed by atoms with Gasteiger partial charge in [0.2, 0.25) is 0 Å². The molecule has 7 nitrogen and oxygen atoms in total. The number of amides is 2. The standard InChI is InChI=1S/C20H18N2O5/c1-13(20(25)26-2)27-17-11-7-6-8-14(17)12-16-18(23)21-22(19(16)24)15-9-4-3-5-10-15/h3-13H,1-2H3,(H,21,23)/b16-12-/t13-/m0/s1. The number of hydrazine groups is 1. The third-order valence-electron chi connectivity index (χ3n) is 3.96. The molecule has 0 spiro atoms. The van der Waals surface area contributed by atoms with Crippen LogP contribution in [-0.4, -0.2) is 31.0 Å². The predicted molar refractivity (Wildman–Crippen MR) is 98.6 cm³/mol. The minimum Gasteiger partial charge on any atom is -0.478 e. The summed E-state index contributed by atoms with van der Waals surface area (Å²) in [6.07, 6.45) is 0.614. The average molecular weight is 366 g/mol. The minimum atomic E-state index is -0.830. The van der Waals surface area contributed by atoms with Crippen molar-refractivity contribution in [2.45, 2.75) is 13.0 Å². The molecule has 1 saturated heterocycles. The van der Waals surface area contributed by atoms with Crippen LogP contribution >= 0.6 is 0 Å². The SMILES string of the molecule is COC(=O)[C@H](C)Oc1ccccc1/C=C1/C(=O)NN(c2ccccc2)C1=O. The van der Waals surface area contributed by atoms with Crippen molar-refractivity contribution in [3.8, 4) is 5.75 Å². The van der Waals surface area contributed by atoms with Gasteiger partial charge in [0.15, 0.2) is 6.10 Å². The molecule has 1 fully saturated rings. The fourth-order valence-electron chi connectivity index (χ4n) is 2.58. The second-order valence-electron chi connectivity index (χ2n) is 5.80. The molecular weight excluding hydrogens is 348 g/mol. The van der Waals surface area contributed by atoms with Gasteiger partial charge in [-0.2, -0.15) is 0 Å². The van der Waals surface area contributed by atoms with Gasteiger partial charge in [0.1, 0.15) is 11.3 Å². The highest BCUT2D eigenvalue weighted by atomic mass is 16.6. The lowest BCUT2D eigenvalue weighted by atomic mass is 10.1. The van der Waals surface area contributed by atoms with E-state index >= 15 is 0 Å². The van der Waals surface area contributed by atoms with E-state index in [1.165, 1.54) is 18.2 Å². The van der Waals surface area contributed by atoms with Crippen LogP contribution in [0.4, 0.5) is 5.69 Å². The average Bonchev–Trinajstić information content (AvgIpc) is 2.97. The fraction of sp³-hybridized carbons (Fsp3) is 0.150. The van der Waals surface area contributed by atoms with E-state index in [1.807, 2.05) is 6.07 Å². The molecule has 1 aliphatic rings. The molecule has 0 radical (unpaired) electrons. The second-order valence-corrected chi connectivity index (χ2v) is 5.80. The molecule has 1 atom stereocenters. The quantitative estimate of drug-likeness (QED) is 0.498. The van der Waals surface area contributed by atoms with Crippen LogP contribution in [0.15, 0.2) is 60.2 Å². The molecular formula is C20H18N2O5. The number of para-hydroxylation sites is 2. The third kappa shape index (κ3) is 3.82. The van der Waals surface area contributed by atoms with Gasteiger partial charge in [0, 0.05) is 5.56 Å². The largest absolute Gasteiger partial charge is 0.478 e. The molecule has 1 aliphatic heterocycles. The first kappa shape index (κ1) is 18.2. The van der Waals surface area contributed by atoms with E-state index in [-0.39, 0.29) is 5.57 Å². The van der Waals surface area contributed by atoms with Crippen molar-refractivity contribution in [2.24, 2.45) is 0 Å². The molecule has 1 N–H and O–H groups in total. The number of carbonyl (C=O) groups is 3. The van der Waals surface area contributed by atoms with Gasteiger partial charge in [-0.25, -0.2) is 9.80 Å². The van der Waals surface area contributed by atoms with Crippen molar-refractivity contribution >= 4 is 29.5 Å². The summed E-state index contributed by atoms with van der Waals surface area (Å²) in [7, 11) is 1.27. The first-order chi connectivity index (χ1) is 13.0. The number of methoxy groups -OCH3 is 1. The van der Waals surface area contributed by atoms with Gasteiger partial charge in [-0.1, -0.05) is 36.4 Å². The Morgan fingerprint density at radius 3 is 2.44 bits per heavy atom. The fourth-order valence-corrected chi connectivity index (χ4v) is 2.58. The van der Waals surface area contributed by atoms with Crippen LogP contribution in [0, 0.1) is 0 Å². The van der Waals surface area contributed by atoms with Crippen LogP contribution in [-0.2, 0) is 19.1 Å². The van der Waals surface area contributed by atoms with E-state index in [9.17, 15) is 14.4 Å². The summed E-state index contributed by atoms with van der Waals surface area (Å²) in [5.74, 6) is -1.15. The molecule has 1 heterocycles. The lowest BCUT2D eigenvalue weighted by Crippen LogP contribution is -2.35. The van der Waals surface area contributed by atoms with Gasteiger partial charge in [-0.3, -0.25) is 15.0 Å². The lowest BCUT2D eigenvalue weighted by molar-refractivity contribution is -0.147. The summed E-state index contributed by atoms with van der Waals surface area (Å²) in [5, 5.41) is 1.19. The summed E-state index contributed by atoms with van der Waals surface area (Å²) < 4.78 is 10.3. The Balaban J connectivity index is 1.90. The van der Waals surface area contributed by atoms with Crippen molar-refractivity contribution in [2.75, 3.05) is 12.1 Å². The zero-order valence-corrected chi connectivity index (χ0v) is 14.8. The first-order valence-electron chi connectivity index (χ1n) is 8.27. The summed E-state index contributed by atoms with van der Waals surface area (Å²) >= 11 is 0. The number of nitrogens with one attached hydrogen (secondary N) is 1. The predicted octanol–water partition coefficient (Wildman–Crippen LogP) is 2.09. The lowest BCUT2D eigenvalue weighted by Gasteiger charge is -2.14. The molecule has 27 heavy (non-hydrogen) atoms. The zero-order chi connectivity index (χ0) is 19.4. The van der Waals surface area contributed by atoms with Crippen molar-refractivity contribution in [1.82, 2.24) is 5.43 Å². The smallest absolute Gasteiger partial charge is 0.346 e. The molecule has 3 rings (SSSR count). The molecule has 2 amide bonds. The Labute approximate surface area is 156 Å². The van der Waals surface area contributed by atoms with Crippen LogP contribution in [0.2, 0.25) is 0 Å². The summed E-state index contributed by atoms with van der Waals surface area (Å²) in [6, 6.07) is 15.6. The van der Waals surface area contributed by atoms with Gasteiger partial charge in [-0.15, -0.1) is 0 Å². The second kappa shape index (κ2) is 7.74. The van der Waals surface area contributed by atoms with Crippen molar-refractivity contribution < 1.29 is 23.9 Å². The van der Waals surface area contributed by atoms with Gasteiger partial charge in [0.05, 0.1) is 12.8 Å². The number of benzene rings is 2. The molecule has 7 heteroatoms. The van der Waals surface area contributed by atoms with E-state index in [0.29, 0.717) is 17.0 Å². The van der Waals surface area contributed by atoms with Gasteiger partial charge in [-0.05, 0) is 31.2 Å².